The van der Waals surface area contributed by atoms with Crippen molar-refractivity contribution in [2.45, 2.75) is 12.8 Å². The maximum Gasteiger partial charge on any atom is 0.312 e. The zero-order valence-electron chi connectivity index (χ0n) is 6.47. The van der Waals surface area contributed by atoms with E-state index in [4.69, 9.17) is 10.8 Å². The molecule has 4 heteroatoms. The number of aliphatic carboxylic acids is 1. The van der Waals surface area contributed by atoms with Crippen molar-refractivity contribution < 1.29 is 9.90 Å². The van der Waals surface area contributed by atoms with Gasteiger partial charge in [-0.25, -0.2) is 0 Å². The van der Waals surface area contributed by atoms with Gasteiger partial charge in [0.15, 0.2) is 0 Å². The van der Waals surface area contributed by atoms with Crippen LogP contribution < -0.4 is 11.1 Å². The van der Waals surface area contributed by atoms with Crippen LogP contribution in [0.3, 0.4) is 0 Å². The van der Waals surface area contributed by atoms with E-state index in [1.165, 1.54) is 0 Å². The summed E-state index contributed by atoms with van der Waals surface area (Å²) < 4.78 is 0. The molecule has 0 spiro atoms. The fraction of sp³-hybridized carbons (Fsp3) is 0.857. The van der Waals surface area contributed by atoms with Gasteiger partial charge in [-0.15, -0.1) is 0 Å². The highest BCUT2D eigenvalue weighted by atomic mass is 16.4. The first-order chi connectivity index (χ1) is 5.21. The maximum atomic E-state index is 10.8. The van der Waals surface area contributed by atoms with Crippen LogP contribution in [-0.2, 0) is 4.79 Å². The summed E-state index contributed by atoms with van der Waals surface area (Å²) in [5.74, 6) is -0.771. The van der Waals surface area contributed by atoms with Crippen LogP contribution in [0.4, 0.5) is 0 Å². The van der Waals surface area contributed by atoms with Gasteiger partial charge in [0.1, 0.15) is 0 Å². The first-order valence-electron chi connectivity index (χ1n) is 3.85. The van der Waals surface area contributed by atoms with Crippen molar-refractivity contribution in [1.82, 2.24) is 5.32 Å². The number of carboxylic acids is 1. The number of nitrogens with two attached hydrogens (primary N) is 1. The average Bonchev–Trinajstić information content (AvgIpc) is 2.05. The van der Waals surface area contributed by atoms with Crippen LogP contribution in [-0.4, -0.2) is 30.7 Å². The molecule has 0 aromatic rings. The predicted octanol–water partition coefficient (Wildman–Crippen LogP) is -0.601. The van der Waals surface area contributed by atoms with Crippen molar-refractivity contribution in [3.8, 4) is 0 Å². The SMILES string of the molecule is NCC1(C(=O)O)CCCNC1. The minimum atomic E-state index is -0.771. The summed E-state index contributed by atoms with van der Waals surface area (Å²) in [4.78, 5) is 10.8. The maximum absolute atomic E-state index is 10.8. The summed E-state index contributed by atoms with van der Waals surface area (Å²) in [6.07, 6.45) is 1.61. The molecule has 0 saturated carbocycles. The Labute approximate surface area is 65.8 Å². The van der Waals surface area contributed by atoms with Crippen LogP contribution >= 0.6 is 0 Å². The number of piperidine rings is 1. The minimum Gasteiger partial charge on any atom is -0.481 e. The van der Waals surface area contributed by atoms with Crippen molar-refractivity contribution >= 4 is 5.97 Å². The Hall–Kier alpha value is -0.610. The highest BCUT2D eigenvalue weighted by Crippen LogP contribution is 2.24. The van der Waals surface area contributed by atoms with Crippen LogP contribution in [0.1, 0.15) is 12.8 Å². The van der Waals surface area contributed by atoms with Crippen LogP contribution in [0, 0.1) is 5.41 Å². The van der Waals surface area contributed by atoms with Crippen LogP contribution in [0.2, 0.25) is 0 Å². The number of carbonyl (C=O) groups is 1. The number of hydrogen-bond donors (Lipinski definition) is 3. The molecule has 1 aliphatic heterocycles. The largest absolute Gasteiger partial charge is 0.481 e. The molecule has 11 heavy (non-hydrogen) atoms. The van der Waals surface area contributed by atoms with Gasteiger partial charge in [-0.3, -0.25) is 4.79 Å². The second-order valence-corrected chi connectivity index (χ2v) is 3.07. The Bertz CT molecular complexity index is 153. The Morgan fingerprint density at radius 3 is 2.73 bits per heavy atom. The molecule has 1 atom stereocenters. The third-order valence-electron chi connectivity index (χ3n) is 2.32. The topological polar surface area (TPSA) is 75.4 Å². The molecular formula is C7H14N2O2. The van der Waals surface area contributed by atoms with Crippen molar-refractivity contribution in [3.63, 3.8) is 0 Å². The van der Waals surface area contributed by atoms with E-state index in [0.717, 1.165) is 13.0 Å². The van der Waals surface area contributed by atoms with E-state index in [1.807, 2.05) is 0 Å². The molecule has 0 radical (unpaired) electrons. The van der Waals surface area contributed by atoms with E-state index in [-0.39, 0.29) is 6.54 Å². The molecule has 0 bridgehead atoms. The summed E-state index contributed by atoms with van der Waals surface area (Å²) in [7, 11) is 0. The highest BCUT2D eigenvalue weighted by Gasteiger charge is 2.38. The monoisotopic (exact) mass is 158 g/mol. The second-order valence-electron chi connectivity index (χ2n) is 3.07. The normalized spacial score (nSPS) is 31.7. The molecule has 4 nitrogen and oxygen atoms in total. The quantitative estimate of drug-likeness (QED) is 0.501. The Morgan fingerprint density at radius 2 is 2.45 bits per heavy atom. The van der Waals surface area contributed by atoms with Crippen molar-refractivity contribution in [2.24, 2.45) is 11.1 Å². The summed E-state index contributed by atoms with van der Waals surface area (Å²) in [6, 6.07) is 0. The minimum absolute atomic E-state index is 0.231. The molecule has 0 aliphatic carbocycles. The van der Waals surface area contributed by atoms with Gasteiger partial charge >= 0.3 is 5.97 Å². The van der Waals surface area contributed by atoms with E-state index in [9.17, 15) is 4.79 Å². The molecular weight excluding hydrogens is 144 g/mol. The summed E-state index contributed by atoms with van der Waals surface area (Å²) in [6.45, 7) is 1.66. The molecule has 1 heterocycles. The summed E-state index contributed by atoms with van der Waals surface area (Å²) in [5, 5.41) is 11.9. The van der Waals surface area contributed by atoms with Crippen molar-refractivity contribution in [3.05, 3.63) is 0 Å². The third-order valence-corrected chi connectivity index (χ3v) is 2.32. The molecule has 0 amide bonds. The predicted molar refractivity (Wildman–Crippen MR) is 41.2 cm³/mol. The second kappa shape index (κ2) is 3.19. The fourth-order valence-electron chi connectivity index (χ4n) is 1.41. The molecule has 0 aromatic carbocycles. The lowest BCUT2D eigenvalue weighted by atomic mass is 9.81. The number of rotatable bonds is 2. The van der Waals surface area contributed by atoms with E-state index >= 15 is 0 Å². The lowest BCUT2D eigenvalue weighted by Crippen LogP contribution is -2.50. The Balaban J connectivity index is 2.64. The zero-order chi connectivity index (χ0) is 8.32. The smallest absolute Gasteiger partial charge is 0.312 e. The van der Waals surface area contributed by atoms with Gasteiger partial charge in [0, 0.05) is 13.1 Å². The first kappa shape index (κ1) is 8.49. The lowest BCUT2D eigenvalue weighted by molar-refractivity contribution is -0.149. The molecule has 4 N–H and O–H groups in total. The first-order valence-corrected chi connectivity index (χ1v) is 3.85. The number of carboxylic acid groups (broad SMARTS) is 1. The molecule has 1 saturated heterocycles. The molecule has 0 aromatic heterocycles. The summed E-state index contributed by atoms with van der Waals surface area (Å²) in [5.41, 5.74) is 4.72. The molecule has 1 unspecified atom stereocenters. The van der Waals surface area contributed by atoms with Gasteiger partial charge in [0.2, 0.25) is 0 Å². The van der Waals surface area contributed by atoms with Gasteiger partial charge in [-0.2, -0.15) is 0 Å². The third kappa shape index (κ3) is 1.52. The van der Waals surface area contributed by atoms with Gasteiger partial charge in [-0.05, 0) is 19.4 Å². The van der Waals surface area contributed by atoms with Crippen LogP contribution in [0.5, 0.6) is 0 Å². The molecule has 1 aliphatic rings. The van der Waals surface area contributed by atoms with Crippen molar-refractivity contribution in [2.75, 3.05) is 19.6 Å². The highest BCUT2D eigenvalue weighted by molar-refractivity contribution is 5.75. The average molecular weight is 158 g/mol. The summed E-state index contributed by atoms with van der Waals surface area (Å²) >= 11 is 0. The van der Waals surface area contributed by atoms with Gasteiger partial charge < -0.3 is 16.2 Å². The van der Waals surface area contributed by atoms with E-state index < -0.39 is 11.4 Å². The van der Waals surface area contributed by atoms with Gasteiger partial charge in [-0.1, -0.05) is 0 Å². The lowest BCUT2D eigenvalue weighted by Gasteiger charge is -2.32. The van der Waals surface area contributed by atoms with Gasteiger partial charge in [0.25, 0.3) is 0 Å². The van der Waals surface area contributed by atoms with Crippen LogP contribution in [0.15, 0.2) is 0 Å². The Morgan fingerprint density at radius 1 is 1.73 bits per heavy atom. The molecule has 64 valence electrons. The van der Waals surface area contributed by atoms with Crippen molar-refractivity contribution in [1.29, 1.82) is 0 Å². The molecule has 1 rings (SSSR count). The van der Waals surface area contributed by atoms with E-state index in [2.05, 4.69) is 5.32 Å². The Kier molecular flexibility index (Phi) is 2.46. The van der Waals surface area contributed by atoms with E-state index in [0.29, 0.717) is 13.0 Å². The van der Waals surface area contributed by atoms with Crippen LogP contribution in [0.25, 0.3) is 0 Å². The standard InChI is InChI=1S/C7H14N2O2/c8-4-7(6(10)11)2-1-3-9-5-7/h9H,1-5,8H2,(H,10,11). The molecule has 1 fully saturated rings. The van der Waals surface area contributed by atoms with E-state index in [1.54, 1.807) is 0 Å². The number of nitrogens with one attached hydrogen (secondary N) is 1. The fourth-order valence-corrected chi connectivity index (χ4v) is 1.41. The van der Waals surface area contributed by atoms with Gasteiger partial charge in [0.05, 0.1) is 5.41 Å². The number of hydrogen-bond acceptors (Lipinski definition) is 3. The zero-order valence-corrected chi connectivity index (χ0v) is 6.47.